The summed E-state index contributed by atoms with van der Waals surface area (Å²) in [4.78, 5) is 2.34. The molecule has 0 radical (unpaired) electrons. The molecule has 18 heavy (non-hydrogen) atoms. The summed E-state index contributed by atoms with van der Waals surface area (Å²) in [6.07, 6.45) is 2.23. The maximum Gasteiger partial charge on any atom is 0.0948 e. The Kier molecular flexibility index (Phi) is 4.04. The molecule has 0 saturated heterocycles. The predicted octanol–water partition coefficient (Wildman–Crippen LogP) is 2.49. The van der Waals surface area contributed by atoms with Crippen molar-refractivity contribution in [1.82, 2.24) is 9.59 Å². The Hall–Kier alpha value is -1.33. The van der Waals surface area contributed by atoms with Crippen LogP contribution in [0.1, 0.15) is 17.7 Å². The van der Waals surface area contributed by atoms with E-state index in [4.69, 9.17) is 5.73 Å². The molecule has 2 N–H and O–H groups in total. The lowest BCUT2D eigenvalue weighted by Crippen LogP contribution is -2.29. The first-order valence-corrected chi connectivity index (χ1v) is 6.56. The number of fused-ring (bicyclic) bond motifs is 1. The van der Waals surface area contributed by atoms with Gasteiger partial charge in [0.15, 0.2) is 0 Å². The second kappa shape index (κ2) is 5.54. The predicted molar refractivity (Wildman–Crippen MR) is 77.4 cm³/mol. The van der Waals surface area contributed by atoms with E-state index in [0.29, 0.717) is 0 Å². The largest absolute Gasteiger partial charge is 0.398 e. The fraction of sp³-hybridized carbons (Fsp3) is 0.333. The quantitative estimate of drug-likeness (QED) is 0.860. The van der Waals surface area contributed by atoms with E-state index >= 15 is 0 Å². The normalized spacial score (nSPS) is 13.9. The van der Waals surface area contributed by atoms with Gasteiger partial charge in [0.1, 0.15) is 0 Å². The van der Waals surface area contributed by atoms with Crippen molar-refractivity contribution in [1.29, 1.82) is 0 Å². The second-order valence-corrected chi connectivity index (χ2v) is 4.88. The summed E-state index contributed by atoms with van der Waals surface area (Å²) >= 11 is 1.40. The number of hydrogen-bond acceptors (Lipinski definition) is 5. The Morgan fingerprint density at radius 2 is 2.28 bits per heavy atom. The molecule has 2 aromatic rings. The molecule has 3 rings (SSSR count). The standard InChI is InChI=1S/C12H14N4S.ClH/c13-11-4-1-5-12-10(11)3-2-6-16(12)7-9-8-17-15-14-9;/h1,4-5,8H,2-3,6-7,13H2;1H. The zero-order chi connectivity index (χ0) is 11.7. The molecule has 96 valence electrons. The summed E-state index contributed by atoms with van der Waals surface area (Å²) in [5.74, 6) is 0. The molecule has 0 saturated carbocycles. The van der Waals surface area contributed by atoms with Crippen molar-refractivity contribution in [3.05, 3.63) is 34.8 Å². The maximum atomic E-state index is 6.02. The van der Waals surface area contributed by atoms with Crippen molar-refractivity contribution in [2.45, 2.75) is 19.4 Å². The number of rotatable bonds is 2. The fourth-order valence-electron chi connectivity index (χ4n) is 2.34. The van der Waals surface area contributed by atoms with Gasteiger partial charge in [0.05, 0.1) is 12.2 Å². The van der Waals surface area contributed by atoms with E-state index in [1.54, 1.807) is 0 Å². The molecular weight excluding hydrogens is 268 g/mol. The summed E-state index contributed by atoms with van der Waals surface area (Å²) in [5, 5.41) is 6.10. The lowest BCUT2D eigenvalue weighted by molar-refractivity contribution is 0.684. The zero-order valence-corrected chi connectivity index (χ0v) is 11.5. The lowest BCUT2D eigenvalue weighted by Gasteiger charge is -2.31. The van der Waals surface area contributed by atoms with Crippen molar-refractivity contribution in [3.63, 3.8) is 0 Å². The van der Waals surface area contributed by atoms with Gasteiger partial charge in [-0.05, 0) is 42.1 Å². The lowest BCUT2D eigenvalue weighted by atomic mass is 10.00. The van der Waals surface area contributed by atoms with Crippen LogP contribution in [0.5, 0.6) is 0 Å². The van der Waals surface area contributed by atoms with Crippen LogP contribution in [0, 0.1) is 0 Å². The molecule has 0 spiro atoms. The van der Waals surface area contributed by atoms with Crippen molar-refractivity contribution in [3.8, 4) is 0 Å². The summed E-state index contributed by atoms with van der Waals surface area (Å²) in [6, 6.07) is 6.14. The number of hydrogen-bond donors (Lipinski definition) is 1. The van der Waals surface area contributed by atoms with E-state index in [1.165, 1.54) is 22.8 Å². The third-order valence-electron chi connectivity index (χ3n) is 3.14. The third kappa shape index (κ3) is 2.42. The van der Waals surface area contributed by atoms with Crippen LogP contribution in [0.4, 0.5) is 11.4 Å². The smallest absolute Gasteiger partial charge is 0.0948 e. The third-order valence-corrected chi connectivity index (χ3v) is 3.69. The van der Waals surface area contributed by atoms with Crippen LogP contribution in [0.2, 0.25) is 0 Å². The molecule has 0 amide bonds. The Balaban J connectivity index is 0.00000120. The van der Waals surface area contributed by atoms with Crippen LogP contribution < -0.4 is 10.6 Å². The number of aromatic nitrogens is 2. The molecule has 0 unspecified atom stereocenters. The van der Waals surface area contributed by atoms with Gasteiger partial charge in [-0.25, -0.2) is 0 Å². The SMILES string of the molecule is Cl.Nc1cccc2c1CCCN2Cc1csnn1. The molecule has 6 heteroatoms. The maximum absolute atomic E-state index is 6.02. The van der Waals surface area contributed by atoms with Crippen molar-refractivity contribution < 1.29 is 0 Å². The minimum atomic E-state index is 0. The first kappa shape index (κ1) is 13.1. The summed E-state index contributed by atoms with van der Waals surface area (Å²) in [6.45, 7) is 1.89. The topological polar surface area (TPSA) is 55.0 Å². The number of nitrogens with zero attached hydrogens (tertiary/aromatic N) is 3. The van der Waals surface area contributed by atoms with Gasteiger partial charge >= 0.3 is 0 Å². The average Bonchev–Trinajstić information content (AvgIpc) is 2.83. The molecule has 0 bridgehead atoms. The highest BCUT2D eigenvalue weighted by atomic mass is 35.5. The molecule has 1 aliphatic rings. The Morgan fingerprint density at radius 1 is 1.39 bits per heavy atom. The van der Waals surface area contributed by atoms with Crippen LogP contribution in [-0.2, 0) is 13.0 Å². The molecule has 1 aromatic carbocycles. The average molecular weight is 283 g/mol. The zero-order valence-electron chi connectivity index (χ0n) is 9.87. The van der Waals surface area contributed by atoms with E-state index in [2.05, 4.69) is 20.6 Å². The Morgan fingerprint density at radius 3 is 3.06 bits per heavy atom. The first-order valence-electron chi connectivity index (χ1n) is 5.73. The van der Waals surface area contributed by atoms with Crippen molar-refractivity contribution >= 4 is 35.3 Å². The number of nitrogens with two attached hydrogens (primary N) is 1. The van der Waals surface area contributed by atoms with Crippen LogP contribution in [0.25, 0.3) is 0 Å². The van der Waals surface area contributed by atoms with Gasteiger partial charge < -0.3 is 10.6 Å². The van der Waals surface area contributed by atoms with Gasteiger partial charge in [-0.2, -0.15) is 0 Å². The highest BCUT2D eigenvalue weighted by Crippen LogP contribution is 2.31. The first-order chi connectivity index (χ1) is 8.34. The van der Waals surface area contributed by atoms with Gasteiger partial charge in [-0.3, -0.25) is 0 Å². The van der Waals surface area contributed by atoms with E-state index < -0.39 is 0 Å². The number of benzene rings is 1. The van der Waals surface area contributed by atoms with Crippen LogP contribution in [0.15, 0.2) is 23.6 Å². The monoisotopic (exact) mass is 282 g/mol. The minimum Gasteiger partial charge on any atom is -0.398 e. The molecule has 1 aliphatic heterocycles. The van der Waals surface area contributed by atoms with Gasteiger partial charge in [0.2, 0.25) is 0 Å². The molecule has 0 aliphatic carbocycles. The van der Waals surface area contributed by atoms with E-state index in [-0.39, 0.29) is 12.4 Å². The molecule has 0 atom stereocenters. The van der Waals surface area contributed by atoms with E-state index in [9.17, 15) is 0 Å². The summed E-state index contributed by atoms with van der Waals surface area (Å²) in [7, 11) is 0. The number of halogens is 1. The second-order valence-electron chi connectivity index (χ2n) is 4.27. The Bertz CT molecular complexity index is 515. The minimum absolute atomic E-state index is 0. The highest BCUT2D eigenvalue weighted by Gasteiger charge is 2.19. The van der Waals surface area contributed by atoms with E-state index in [0.717, 1.165) is 37.3 Å². The fourth-order valence-corrected chi connectivity index (χ4v) is 2.78. The van der Waals surface area contributed by atoms with Gasteiger partial charge in [0, 0.05) is 23.3 Å². The van der Waals surface area contributed by atoms with Gasteiger partial charge in [0.25, 0.3) is 0 Å². The summed E-state index contributed by atoms with van der Waals surface area (Å²) < 4.78 is 3.90. The molecule has 0 fully saturated rings. The van der Waals surface area contributed by atoms with E-state index in [1.807, 2.05) is 17.5 Å². The van der Waals surface area contributed by atoms with Crippen molar-refractivity contribution in [2.24, 2.45) is 0 Å². The molecule has 4 nitrogen and oxygen atoms in total. The van der Waals surface area contributed by atoms with Crippen molar-refractivity contribution in [2.75, 3.05) is 17.2 Å². The molecule has 2 heterocycles. The highest BCUT2D eigenvalue weighted by molar-refractivity contribution is 7.03. The van der Waals surface area contributed by atoms with Crippen LogP contribution >= 0.6 is 23.9 Å². The van der Waals surface area contributed by atoms with Gasteiger partial charge in [-0.15, -0.1) is 17.5 Å². The molecule has 1 aromatic heterocycles. The van der Waals surface area contributed by atoms with Crippen LogP contribution in [0.3, 0.4) is 0 Å². The number of nitrogen functional groups attached to an aromatic ring is 1. The van der Waals surface area contributed by atoms with Gasteiger partial charge in [-0.1, -0.05) is 10.6 Å². The summed E-state index contributed by atoms with van der Waals surface area (Å²) in [5.41, 5.74) is 10.5. The molecular formula is C12H15ClN4S. The van der Waals surface area contributed by atoms with Crippen LogP contribution in [-0.4, -0.2) is 16.1 Å². The Labute approximate surface area is 116 Å². The number of anilines is 2.